The fraction of sp³-hybridized carbons (Fsp3) is 0.792. The molecule has 0 aromatic carbocycles. The van der Waals surface area contributed by atoms with Gasteiger partial charge in [-0.1, -0.05) is 63.3 Å². The minimum absolute atomic E-state index is 0.0989. The first-order chi connectivity index (χ1) is 13.7. The average Bonchev–Trinajstić information content (AvgIpc) is 2.68. The standard InChI is InChI=1S/C24H46O4Si/c1-5-6-7-8-9-10-11-12-13-14-15-16-17-18-19-20-23(26)24(27,21-25)22-28-29(2,3)4/h9-10,12-13,25,27H,5-8,11,14-22H2,1-4H3/b10-9-,13-12-. The molecule has 0 heterocycles. The Balaban J connectivity index is 3.73. The van der Waals surface area contributed by atoms with Crippen molar-refractivity contribution in [2.24, 2.45) is 0 Å². The number of carbonyl (C=O) groups is 1. The van der Waals surface area contributed by atoms with Gasteiger partial charge in [0.15, 0.2) is 19.7 Å². The van der Waals surface area contributed by atoms with Gasteiger partial charge in [-0.2, -0.15) is 0 Å². The summed E-state index contributed by atoms with van der Waals surface area (Å²) in [5, 5.41) is 19.8. The Labute approximate surface area is 180 Å². The van der Waals surface area contributed by atoms with Gasteiger partial charge in [0, 0.05) is 6.42 Å². The van der Waals surface area contributed by atoms with E-state index < -0.39 is 20.5 Å². The molecule has 170 valence electrons. The normalized spacial score (nSPS) is 14.7. The van der Waals surface area contributed by atoms with Crippen molar-refractivity contribution in [2.75, 3.05) is 13.2 Å². The van der Waals surface area contributed by atoms with Gasteiger partial charge in [-0.05, 0) is 58.2 Å². The number of allylic oxidation sites excluding steroid dienone is 4. The Morgan fingerprint density at radius 3 is 2.00 bits per heavy atom. The third-order valence-corrected chi connectivity index (χ3v) is 5.89. The molecule has 0 aliphatic rings. The SMILES string of the molecule is CCCCC/C=C\C/C=C\CCCCCCCC(=O)C(O)(CO)CO[Si](C)(C)C. The van der Waals surface area contributed by atoms with Gasteiger partial charge in [0.1, 0.15) is 0 Å². The number of aliphatic hydroxyl groups excluding tert-OH is 1. The molecule has 0 spiro atoms. The minimum atomic E-state index is -1.84. The lowest BCUT2D eigenvalue weighted by molar-refractivity contribution is -0.145. The molecule has 0 aliphatic heterocycles. The maximum Gasteiger partial charge on any atom is 0.183 e. The molecule has 0 amide bonds. The van der Waals surface area contributed by atoms with Gasteiger partial charge in [-0.15, -0.1) is 0 Å². The number of Topliss-reactive ketones (excluding diaryl/α,β-unsaturated/α-hetero) is 1. The van der Waals surface area contributed by atoms with E-state index in [0.717, 1.165) is 38.5 Å². The summed E-state index contributed by atoms with van der Waals surface area (Å²) >= 11 is 0. The van der Waals surface area contributed by atoms with Crippen LogP contribution in [0.25, 0.3) is 0 Å². The van der Waals surface area contributed by atoms with E-state index in [9.17, 15) is 15.0 Å². The summed E-state index contributed by atoms with van der Waals surface area (Å²) in [5.74, 6) is -0.302. The quantitative estimate of drug-likeness (QED) is 0.152. The van der Waals surface area contributed by atoms with Crippen molar-refractivity contribution in [1.29, 1.82) is 0 Å². The second-order valence-electron chi connectivity index (χ2n) is 8.99. The minimum Gasteiger partial charge on any atom is -0.414 e. The van der Waals surface area contributed by atoms with E-state index in [0.29, 0.717) is 6.42 Å². The summed E-state index contributed by atoms with van der Waals surface area (Å²) in [7, 11) is -1.84. The molecule has 0 aromatic heterocycles. The Morgan fingerprint density at radius 2 is 1.45 bits per heavy atom. The first kappa shape index (κ1) is 28.2. The molecule has 2 N–H and O–H groups in total. The molecule has 0 aliphatic carbocycles. The Hall–Kier alpha value is -0.753. The van der Waals surface area contributed by atoms with Crippen LogP contribution in [0.3, 0.4) is 0 Å². The summed E-state index contributed by atoms with van der Waals surface area (Å²) < 4.78 is 5.63. The zero-order valence-electron chi connectivity index (χ0n) is 19.4. The summed E-state index contributed by atoms with van der Waals surface area (Å²) in [6.07, 6.45) is 21.8. The summed E-state index contributed by atoms with van der Waals surface area (Å²) in [6.45, 7) is 7.55. The smallest absolute Gasteiger partial charge is 0.183 e. The highest BCUT2D eigenvalue weighted by Crippen LogP contribution is 2.16. The Bertz CT molecular complexity index is 468. The predicted octanol–water partition coefficient (Wildman–Crippen LogP) is 5.94. The first-order valence-corrected chi connectivity index (χ1v) is 15.0. The maximum absolute atomic E-state index is 12.3. The van der Waals surface area contributed by atoms with Crippen LogP contribution in [0.2, 0.25) is 19.6 Å². The van der Waals surface area contributed by atoms with Gasteiger partial charge >= 0.3 is 0 Å². The third kappa shape index (κ3) is 16.7. The van der Waals surface area contributed by atoms with Gasteiger partial charge in [0.05, 0.1) is 13.2 Å². The largest absolute Gasteiger partial charge is 0.414 e. The second-order valence-corrected chi connectivity index (χ2v) is 13.5. The molecular weight excluding hydrogens is 380 g/mol. The summed E-state index contributed by atoms with van der Waals surface area (Å²) in [5.41, 5.74) is -1.74. The van der Waals surface area contributed by atoms with E-state index in [-0.39, 0.29) is 12.4 Å². The topological polar surface area (TPSA) is 66.8 Å². The highest BCUT2D eigenvalue weighted by molar-refractivity contribution is 6.69. The molecule has 0 radical (unpaired) electrons. The van der Waals surface area contributed by atoms with Crippen molar-refractivity contribution in [3.63, 3.8) is 0 Å². The lowest BCUT2D eigenvalue weighted by Gasteiger charge is -2.28. The molecular formula is C24H46O4Si. The maximum atomic E-state index is 12.3. The van der Waals surface area contributed by atoms with Crippen molar-refractivity contribution < 1.29 is 19.4 Å². The zero-order valence-corrected chi connectivity index (χ0v) is 20.4. The average molecular weight is 427 g/mol. The zero-order chi connectivity index (χ0) is 22.0. The molecule has 0 aromatic rings. The van der Waals surface area contributed by atoms with Gasteiger partial charge < -0.3 is 14.6 Å². The molecule has 4 nitrogen and oxygen atoms in total. The number of hydrogen-bond acceptors (Lipinski definition) is 4. The highest BCUT2D eigenvalue weighted by Gasteiger charge is 2.36. The molecule has 1 unspecified atom stereocenters. The fourth-order valence-electron chi connectivity index (χ4n) is 2.88. The molecule has 1 atom stereocenters. The number of hydrogen-bond donors (Lipinski definition) is 2. The first-order valence-electron chi connectivity index (χ1n) is 11.6. The molecule has 0 bridgehead atoms. The lowest BCUT2D eigenvalue weighted by atomic mass is 9.95. The molecule has 5 heteroatoms. The van der Waals surface area contributed by atoms with Crippen molar-refractivity contribution in [3.8, 4) is 0 Å². The van der Waals surface area contributed by atoms with Crippen LogP contribution >= 0.6 is 0 Å². The molecule has 0 saturated carbocycles. The predicted molar refractivity (Wildman–Crippen MR) is 126 cm³/mol. The second kappa shape index (κ2) is 17.0. The van der Waals surface area contributed by atoms with Gasteiger partial charge in [0.25, 0.3) is 0 Å². The van der Waals surface area contributed by atoms with Crippen LogP contribution in [0.5, 0.6) is 0 Å². The van der Waals surface area contributed by atoms with E-state index in [2.05, 4.69) is 31.2 Å². The van der Waals surface area contributed by atoms with Crippen LogP contribution in [0.1, 0.15) is 84.0 Å². The number of ketones is 1. The van der Waals surface area contributed by atoms with Crippen molar-refractivity contribution in [3.05, 3.63) is 24.3 Å². The van der Waals surface area contributed by atoms with Gasteiger partial charge in [-0.3, -0.25) is 4.79 Å². The third-order valence-electron chi connectivity index (χ3n) is 4.88. The molecule has 0 fully saturated rings. The molecule has 0 rings (SSSR count). The van der Waals surface area contributed by atoms with Crippen molar-refractivity contribution >= 4 is 14.1 Å². The van der Waals surface area contributed by atoms with E-state index in [4.69, 9.17) is 4.43 Å². The summed E-state index contributed by atoms with van der Waals surface area (Å²) in [6, 6.07) is 0. The number of rotatable bonds is 19. The molecule has 29 heavy (non-hydrogen) atoms. The van der Waals surface area contributed by atoms with Crippen molar-refractivity contribution in [1.82, 2.24) is 0 Å². The number of unbranched alkanes of at least 4 members (excludes halogenated alkanes) is 8. The van der Waals surface area contributed by atoms with Crippen LogP contribution in [-0.4, -0.2) is 43.1 Å². The van der Waals surface area contributed by atoms with E-state index >= 15 is 0 Å². The van der Waals surface area contributed by atoms with E-state index in [1.165, 1.54) is 32.1 Å². The lowest BCUT2D eigenvalue weighted by Crippen LogP contribution is -2.49. The van der Waals surface area contributed by atoms with Gasteiger partial charge in [0.2, 0.25) is 0 Å². The Morgan fingerprint density at radius 1 is 0.897 bits per heavy atom. The van der Waals surface area contributed by atoms with E-state index in [1.54, 1.807) is 0 Å². The van der Waals surface area contributed by atoms with Crippen LogP contribution < -0.4 is 0 Å². The fourth-order valence-corrected chi connectivity index (χ4v) is 3.55. The summed E-state index contributed by atoms with van der Waals surface area (Å²) in [4.78, 5) is 12.3. The van der Waals surface area contributed by atoms with Crippen LogP contribution in [0, 0.1) is 0 Å². The van der Waals surface area contributed by atoms with Gasteiger partial charge in [-0.25, -0.2) is 0 Å². The number of carbonyl (C=O) groups excluding carboxylic acids is 1. The van der Waals surface area contributed by atoms with Crippen LogP contribution in [-0.2, 0) is 9.22 Å². The monoisotopic (exact) mass is 426 g/mol. The Kier molecular flexibility index (Phi) is 16.5. The van der Waals surface area contributed by atoms with E-state index in [1.807, 2.05) is 19.6 Å². The molecule has 0 saturated heterocycles. The number of aliphatic hydroxyl groups is 2. The highest BCUT2D eigenvalue weighted by atomic mass is 28.4. The van der Waals surface area contributed by atoms with Crippen LogP contribution in [0.4, 0.5) is 0 Å². The van der Waals surface area contributed by atoms with Crippen molar-refractivity contribution in [2.45, 2.75) is 109 Å². The van der Waals surface area contributed by atoms with Crippen LogP contribution in [0.15, 0.2) is 24.3 Å².